The predicted octanol–water partition coefficient (Wildman–Crippen LogP) is 3.91. The van der Waals surface area contributed by atoms with E-state index in [0.29, 0.717) is 19.4 Å². The van der Waals surface area contributed by atoms with Crippen LogP contribution in [0.1, 0.15) is 36.6 Å². The van der Waals surface area contributed by atoms with Crippen molar-refractivity contribution in [1.29, 1.82) is 0 Å². The van der Waals surface area contributed by atoms with Crippen LogP contribution >= 0.6 is 11.3 Å². The molecule has 2 aromatic rings. The van der Waals surface area contributed by atoms with Crippen LogP contribution < -0.4 is 10.1 Å². The van der Waals surface area contributed by atoms with Crippen LogP contribution in [0.15, 0.2) is 41.8 Å². The molecule has 2 fully saturated rings. The highest BCUT2D eigenvalue weighted by atomic mass is 32.1. The van der Waals surface area contributed by atoms with E-state index >= 15 is 0 Å². The van der Waals surface area contributed by atoms with E-state index < -0.39 is 5.54 Å². The predicted molar refractivity (Wildman–Crippen MR) is 122 cm³/mol. The number of likely N-dealkylation sites (tertiary alicyclic amines) is 1. The average Bonchev–Trinajstić information content (AvgIpc) is 3.39. The zero-order valence-corrected chi connectivity index (χ0v) is 19.1. The molecule has 31 heavy (non-hydrogen) atoms. The number of urea groups is 1. The van der Waals surface area contributed by atoms with Gasteiger partial charge >= 0.3 is 6.03 Å². The van der Waals surface area contributed by atoms with Gasteiger partial charge in [0, 0.05) is 18.0 Å². The van der Waals surface area contributed by atoms with Gasteiger partial charge in [0.1, 0.15) is 11.3 Å². The molecule has 1 aromatic heterocycles. The number of thiophene rings is 1. The van der Waals surface area contributed by atoms with Gasteiger partial charge in [0.2, 0.25) is 0 Å². The van der Waals surface area contributed by atoms with Crippen LogP contribution in [0.5, 0.6) is 5.75 Å². The summed E-state index contributed by atoms with van der Waals surface area (Å²) < 4.78 is 5.20. The van der Waals surface area contributed by atoms with Gasteiger partial charge in [-0.15, -0.1) is 11.3 Å². The van der Waals surface area contributed by atoms with Crippen molar-refractivity contribution in [3.05, 3.63) is 52.2 Å². The lowest BCUT2D eigenvalue weighted by Gasteiger charge is -2.40. The van der Waals surface area contributed by atoms with Crippen molar-refractivity contribution < 1.29 is 14.3 Å². The number of hydrogen-bond acceptors (Lipinski definition) is 5. The van der Waals surface area contributed by atoms with E-state index in [1.54, 1.807) is 18.4 Å². The van der Waals surface area contributed by atoms with Gasteiger partial charge in [0.25, 0.3) is 5.91 Å². The molecule has 2 saturated heterocycles. The number of carbonyl (C=O) groups is 2. The van der Waals surface area contributed by atoms with Gasteiger partial charge in [-0.1, -0.05) is 25.1 Å². The van der Waals surface area contributed by atoms with Crippen molar-refractivity contribution in [3.63, 3.8) is 0 Å². The molecular weight excluding hydrogens is 410 g/mol. The van der Waals surface area contributed by atoms with E-state index in [9.17, 15) is 9.59 Å². The minimum absolute atomic E-state index is 0.0507. The van der Waals surface area contributed by atoms with Gasteiger partial charge in [0.15, 0.2) is 0 Å². The Balaban J connectivity index is 1.37. The highest BCUT2D eigenvalue weighted by Crippen LogP contribution is 2.36. The third-order valence-electron chi connectivity index (χ3n) is 6.79. The van der Waals surface area contributed by atoms with Crippen LogP contribution in [0, 0.1) is 5.92 Å². The molecule has 6 nitrogen and oxygen atoms in total. The molecule has 3 heterocycles. The number of rotatable bonds is 8. The Hall–Kier alpha value is -2.38. The zero-order chi connectivity index (χ0) is 21.8. The second kappa shape index (κ2) is 9.40. The smallest absolute Gasteiger partial charge is 0.325 e. The van der Waals surface area contributed by atoms with E-state index in [4.69, 9.17) is 4.74 Å². The molecule has 0 radical (unpaired) electrons. The van der Waals surface area contributed by atoms with E-state index in [1.807, 2.05) is 31.2 Å². The summed E-state index contributed by atoms with van der Waals surface area (Å²) in [5.74, 6) is 0.930. The summed E-state index contributed by atoms with van der Waals surface area (Å²) in [6.45, 7) is 5.30. The Morgan fingerprint density at radius 1 is 1.16 bits per heavy atom. The average molecular weight is 442 g/mol. The second-order valence-corrected chi connectivity index (χ2v) is 9.47. The maximum Gasteiger partial charge on any atom is 0.325 e. The van der Waals surface area contributed by atoms with E-state index in [2.05, 4.69) is 27.7 Å². The molecule has 0 spiro atoms. The maximum atomic E-state index is 13.4. The Kier molecular flexibility index (Phi) is 6.62. The summed E-state index contributed by atoms with van der Waals surface area (Å²) >= 11 is 1.79. The van der Waals surface area contributed by atoms with Crippen LogP contribution in [0.2, 0.25) is 0 Å². The highest BCUT2D eigenvalue weighted by molar-refractivity contribution is 7.09. The van der Waals surface area contributed by atoms with E-state index in [1.165, 1.54) is 9.78 Å². The number of methoxy groups -OCH3 is 1. The number of nitrogens with zero attached hydrogens (tertiary/aromatic N) is 2. The number of carbonyl (C=O) groups excluding carboxylic acids is 2. The Bertz CT molecular complexity index is 891. The first-order valence-electron chi connectivity index (χ1n) is 11.1. The second-order valence-electron chi connectivity index (χ2n) is 8.44. The molecular formula is C24H31N3O3S. The van der Waals surface area contributed by atoms with Gasteiger partial charge in [-0.2, -0.15) is 0 Å². The molecule has 2 aliphatic heterocycles. The number of nitrogens with one attached hydrogen (secondary N) is 1. The third kappa shape index (κ3) is 4.48. The molecule has 3 amide bonds. The van der Waals surface area contributed by atoms with Crippen molar-refractivity contribution >= 4 is 23.3 Å². The van der Waals surface area contributed by atoms with Crippen LogP contribution in [-0.4, -0.2) is 54.0 Å². The molecule has 2 aliphatic rings. The summed E-state index contributed by atoms with van der Waals surface area (Å²) in [6, 6.07) is 11.8. The molecule has 1 N–H and O–H groups in total. The van der Waals surface area contributed by atoms with Gasteiger partial charge in [0.05, 0.1) is 7.11 Å². The first kappa shape index (κ1) is 21.8. The van der Waals surface area contributed by atoms with Crippen molar-refractivity contribution in [3.8, 4) is 5.75 Å². The minimum Gasteiger partial charge on any atom is -0.497 e. The molecule has 7 heteroatoms. The zero-order valence-electron chi connectivity index (χ0n) is 18.3. The lowest BCUT2D eigenvalue weighted by atomic mass is 9.75. The summed E-state index contributed by atoms with van der Waals surface area (Å²) in [7, 11) is 1.64. The standard InChI is InChI=1S/C24H31N3O3S/c1-3-24(19-11-13-26(14-12-19)17-21-5-4-16-31-21)22(28)27(23(29)25-24)15-10-18-6-8-20(30-2)9-7-18/h4-9,16,19H,3,10-15,17H2,1-2H3,(H,25,29). The molecule has 1 aromatic carbocycles. The minimum atomic E-state index is -0.758. The molecule has 4 rings (SSSR count). The van der Waals surface area contributed by atoms with Gasteiger partial charge < -0.3 is 10.1 Å². The monoisotopic (exact) mass is 441 g/mol. The summed E-state index contributed by atoms with van der Waals surface area (Å²) in [5, 5.41) is 5.22. The topological polar surface area (TPSA) is 61.9 Å². The van der Waals surface area contributed by atoms with Gasteiger partial charge in [-0.3, -0.25) is 14.6 Å². The molecule has 0 saturated carbocycles. The fourth-order valence-corrected chi connectivity index (χ4v) is 5.64. The van der Waals surface area contributed by atoms with Crippen molar-refractivity contribution in [2.24, 2.45) is 5.92 Å². The van der Waals surface area contributed by atoms with Crippen LogP contribution in [0.25, 0.3) is 0 Å². The first-order valence-corrected chi connectivity index (χ1v) is 12.0. The quantitative estimate of drug-likeness (QED) is 0.631. The van der Waals surface area contributed by atoms with Gasteiger partial charge in [-0.25, -0.2) is 4.79 Å². The molecule has 1 atom stereocenters. The number of ether oxygens (including phenoxy) is 1. The molecule has 166 valence electrons. The number of amides is 3. The lowest BCUT2D eigenvalue weighted by molar-refractivity contribution is -0.134. The maximum absolute atomic E-state index is 13.4. The molecule has 1 unspecified atom stereocenters. The van der Waals surface area contributed by atoms with Crippen molar-refractivity contribution in [2.45, 2.75) is 44.7 Å². The number of piperidine rings is 1. The SMILES string of the molecule is CCC1(C2CCN(Cc3cccs3)CC2)NC(=O)N(CCc2ccc(OC)cc2)C1=O. The number of imide groups is 1. The summed E-state index contributed by atoms with van der Waals surface area (Å²) in [5.41, 5.74) is 0.323. The number of benzene rings is 1. The Morgan fingerprint density at radius 3 is 2.52 bits per heavy atom. The van der Waals surface area contributed by atoms with Crippen LogP contribution in [-0.2, 0) is 17.8 Å². The summed E-state index contributed by atoms with van der Waals surface area (Å²) in [4.78, 5) is 31.5. The first-order chi connectivity index (χ1) is 15.1. The van der Waals surface area contributed by atoms with E-state index in [0.717, 1.165) is 43.8 Å². The van der Waals surface area contributed by atoms with Crippen LogP contribution in [0.4, 0.5) is 4.79 Å². The third-order valence-corrected chi connectivity index (χ3v) is 7.65. The number of hydrogen-bond donors (Lipinski definition) is 1. The fraction of sp³-hybridized carbons (Fsp3) is 0.500. The molecule has 0 aliphatic carbocycles. The normalized spacial score (nSPS) is 22.7. The molecule has 0 bridgehead atoms. The van der Waals surface area contributed by atoms with Gasteiger partial charge in [-0.05, 0) is 73.8 Å². The fourth-order valence-electron chi connectivity index (χ4n) is 4.89. The van der Waals surface area contributed by atoms with Crippen molar-refractivity contribution in [1.82, 2.24) is 15.1 Å². The summed E-state index contributed by atoms with van der Waals surface area (Å²) in [6.07, 6.45) is 3.13. The lowest BCUT2D eigenvalue weighted by Crippen LogP contribution is -2.55. The Morgan fingerprint density at radius 2 is 1.90 bits per heavy atom. The largest absolute Gasteiger partial charge is 0.497 e. The Labute approximate surface area is 188 Å². The van der Waals surface area contributed by atoms with E-state index in [-0.39, 0.29) is 17.9 Å². The highest BCUT2D eigenvalue weighted by Gasteiger charge is 2.54. The van der Waals surface area contributed by atoms with Crippen molar-refractivity contribution in [2.75, 3.05) is 26.7 Å². The van der Waals surface area contributed by atoms with Crippen LogP contribution in [0.3, 0.4) is 0 Å².